The number of ether oxygens (including phenoxy) is 1. The molecule has 0 aliphatic heterocycles. The van der Waals surface area contributed by atoms with Crippen LogP contribution in [-0.4, -0.2) is 11.2 Å². The number of aromatic hydroxyl groups is 1. The maximum atomic E-state index is 9.24. The van der Waals surface area contributed by atoms with Crippen LogP contribution in [0.25, 0.3) is 0 Å². The van der Waals surface area contributed by atoms with Gasteiger partial charge >= 0.3 is 0 Å². The molecular formula is C12H14O2. The van der Waals surface area contributed by atoms with Gasteiger partial charge in [0.15, 0.2) is 0 Å². The fraction of sp³-hybridized carbons (Fsp3) is 0.333. The van der Waals surface area contributed by atoms with E-state index in [4.69, 9.17) is 4.74 Å². The molecule has 1 aliphatic carbocycles. The molecule has 1 atom stereocenters. The number of hydrogen-bond acceptors (Lipinski definition) is 2. The van der Waals surface area contributed by atoms with E-state index in [-0.39, 0.29) is 11.9 Å². The predicted molar refractivity (Wildman–Crippen MR) is 55.5 cm³/mol. The maximum Gasteiger partial charge on any atom is 0.123 e. The molecule has 2 rings (SSSR count). The third kappa shape index (κ3) is 2.28. The molecule has 1 aromatic rings. The summed E-state index contributed by atoms with van der Waals surface area (Å²) in [6.45, 7) is 0. The van der Waals surface area contributed by atoms with Crippen molar-refractivity contribution in [2.75, 3.05) is 0 Å². The molecule has 74 valence electrons. The van der Waals surface area contributed by atoms with Crippen LogP contribution in [0.4, 0.5) is 0 Å². The first kappa shape index (κ1) is 9.13. The third-order valence-electron chi connectivity index (χ3n) is 2.32. The van der Waals surface area contributed by atoms with E-state index >= 15 is 0 Å². The van der Waals surface area contributed by atoms with E-state index in [0.29, 0.717) is 0 Å². The minimum atomic E-state index is 0.172. The lowest BCUT2D eigenvalue weighted by Gasteiger charge is -2.18. The molecule has 0 fully saturated rings. The molecular weight excluding hydrogens is 176 g/mol. The Morgan fingerprint density at radius 1 is 1.36 bits per heavy atom. The molecule has 0 aromatic heterocycles. The van der Waals surface area contributed by atoms with Crippen molar-refractivity contribution in [3.63, 3.8) is 0 Å². The number of hydrogen-bond donors (Lipinski definition) is 1. The van der Waals surface area contributed by atoms with Crippen LogP contribution in [0, 0.1) is 0 Å². The molecule has 0 saturated heterocycles. The molecule has 2 nitrogen and oxygen atoms in total. The van der Waals surface area contributed by atoms with Gasteiger partial charge in [-0.2, -0.15) is 0 Å². The van der Waals surface area contributed by atoms with Crippen LogP contribution >= 0.6 is 0 Å². The molecule has 0 amide bonds. The van der Waals surface area contributed by atoms with Gasteiger partial charge in [-0.25, -0.2) is 0 Å². The summed E-state index contributed by atoms with van der Waals surface area (Å²) >= 11 is 0. The highest BCUT2D eigenvalue weighted by atomic mass is 16.5. The Kier molecular flexibility index (Phi) is 2.73. The lowest BCUT2D eigenvalue weighted by molar-refractivity contribution is 0.229. The van der Waals surface area contributed by atoms with Gasteiger partial charge in [-0.1, -0.05) is 12.1 Å². The average Bonchev–Trinajstić information content (AvgIpc) is 2.19. The Labute approximate surface area is 83.8 Å². The van der Waals surface area contributed by atoms with Gasteiger partial charge < -0.3 is 9.84 Å². The Morgan fingerprint density at radius 2 is 2.29 bits per heavy atom. The van der Waals surface area contributed by atoms with E-state index in [2.05, 4.69) is 12.2 Å². The highest BCUT2D eigenvalue weighted by Gasteiger charge is 2.09. The third-order valence-corrected chi connectivity index (χ3v) is 2.32. The van der Waals surface area contributed by atoms with Gasteiger partial charge in [-0.05, 0) is 37.5 Å². The molecule has 2 heteroatoms. The van der Waals surface area contributed by atoms with Crippen molar-refractivity contribution >= 4 is 0 Å². The fourth-order valence-corrected chi connectivity index (χ4v) is 1.61. The molecule has 0 bridgehead atoms. The van der Waals surface area contributed by atoms with Crippen LogP contribution < -0.4 is 4.74 Å². The SMILES string of the molecule is Oc1cccc(OC2C=CCCC2)c1. The highest BCUT2D eigenvalue weighted by molar-refractivity contribution is 5.32. The van der Waals surface area contributed by atoms with Gasteiger partial charge in [0, 0.05) is 6.07 Å². The summed E-state index contributed by atoms with van der Waals surface area (Å²) in [5, 5.41) is 9.24. The minimum Gasteiger partial charge on any atom is -0.508 e. The lowest BCUT2D eigenvalue weighted by Crippen LogP contribution is -2.15. The summed E-state index contributed by atoms with van der Waals surface area (Å²) in [7, 11) is 0. The zero-order valence-corrected chi connectivity index (χ0v) is 8.02. The second kappa shape index (κ2) is 4.18. The number of benzene rings is 1. The molecule has 0 saturated carbocycles. The number of allylic oxidation sites excluding steroid dienone is 1. The second-order valence-corrected chi connectivity index (χ2v) is 3.51. The summed E-state index contributed by atoms with van der Waals surface area (Å²) in [6.07, 6.45) is 7.81. The van der Waals surface area contributed by atoms with Gasteiger partial charge in [-0.15, -0.1) is 0 Å². The van der Waals surface area contributed by atoms with Crippen molar-refractivity contribution in [3.8, 4) is 11.5 Å². The van der Waals surface area contributed by atoms with E-state index in [1.807, 2.05) is 6.07 Å². The van der Waals surface area contributed by atoms with Crippen molar-refractivity contribution in [1.29, 1.82) is 0 Å². The van der Waals surface area contributed by atoms with Crippen molar-refractivity contribution in [2.45, 2.75) is 25.4 Å². The molecule has 0 spiro atoms. The number of phenolic OH excluding ortho intramolecular Hbond substituents is 1. The van der Waals surface area contributed by atoms with Crippen LogP contribution in [0.5, 0.6) is 11.5 Å². The topological polar surface area (TPSA) is 29.5 Å². The van der Waals surface area contributed by atoms with Crippen LogP contribution in [-0.2, 0) is 0 Å². The van der Waals surface area contributed by atoms with Crippen LogP contribution in [0.2, 0.25) is 0 Å². The van der Waals surface area contributed by atoms with Gasteiger partial charge in [0.1, 0.15) is 17.6 Å². The van der Waals surface area contributed by atoms with Gasteiger partial charge in [0.05, 0.1) is 0 Å². The first-order chi connectivity index (χ1) is 6.84. The largest absolute Gasteiger partial charge is 0.508 e. The van der Waals surface area contributed by atoms with Gasteiger partial charge in [0.25, 0.3) is 0 Å². The van der Waals surface area contributed by atoms with Crippen molar-refractivity contribution in [3.05, 3.63) is 36.4 Å². The summed E-state index contributed by atoms with van der Waals surface area (Å²) in [6, 6.07) is 6.94. The zero-order valence-electron chi connectivity index (χ0n) is 8.02. The smallest absolute Gasteiger partial charge is 0.123 e. The number of phenols is 1. The monoisotopic (exact) mass is 190 g/mol. The molecule has 1 unspecified atom stereocenters. The fourth-order valence-electron chi connectivity index (χ4n) is 1.61. The van der Waals surface area contributed by atoms with Crippen LogP contribution in [0.15, 0.2) is 36.4 Å². The molecule has 1 N–H and O–H groups in total. The van der Waals surface area contributed by atoms with E-state index in [1.165, 1.54) is 6.42 Å². The Hall–Kier alpha value is -1.44. The first-order valence-corrected chi connectivity index (χ1v) is 4.97. The van der Waals surface area contributed by atoms with E-state index < -0.39 is 0 Å². The van der Waals surface area contributed by atoms with E-state index in [9.17, 15) is 5.11 Å². The average molecular weight is 190 g/mol. The Morgan fingerprint density at radius 3 is 3.00 bits per heavy atom. The summed E-state index contributed by atoms with van der Waals surface area (Å²) in [4.78, 5) is 0. The Bertz CT molecular complexity index is 331. The van der Waals surface area contributed by atoms with E-state index in [0.717, 1.165) is 18.6 Å². The summed E-state index contributed by atoms with van der Waals surface area (Å²) < 4.78 is 5.69. The first-order valence-electron chi connectivity index (χ1n) is 4.97. The molecule has 0 radical (unpaired) electrons. The van der Waals surface area contributed by atoms with Gasteiger partial charge in [-0.3, -0.25) is 0 Å². The number of rotatable bonds is 2. The molecule has 0 heterocycles. The second-order valence-electron chi connectivity index (χ2n) is 3.51. The van der Waals surface area contributed by atoms with Crippen LogP contribution in [0.1, 0.15) is 19.3 Å². The minimum absolute atomic E-state index is 0.172. The standard InChI is InChI=1S/C12H14O2/c13-10-5-4-8-12(9-10)14-11-6-2-1-3-7-11/h2,4-6,8-9,11,13H,1,3,7H2. The Balaban J connectivity index is 2.02. The van der Waals surface area contributed by atoms with Crippen molar-refractivity contribution in [1.82, 2.24) is 0 Å². The lowest BCUT2D eigenvalue weighted by atomic mass is 10.1. The molecule has 1 aliphatic rings. The maximum absolute atomic E-state index is 9.24. The van der Waals surface area contributed by atoms with Crippen LogP contribution in [0.3, 0.4) is 0 Å². The molecule has 14 heavy (non-hydrogen) atoms. The summed E-state index contributed by atoms with van der Waals surface area (Å²) in [5.41, 5.74) is 0. The quantitative estimate of drug-likeness (QED) is 0.726. The predicted octanol–water partition coefficient (Wildman–Crippen LogP) is 2.88. The normalized spacial score (nSPS) is 20.7. The van der Waals surface area contributed by atoms with Crippen molar-refractivity contribution < 1.29 is 9.84 Å². The van der Waals surface area contributed by atoms with E-state index in [1.54, 1.807) is 18.2 Å². The molecule has 1 aromatic carbocycles. The van der Waals surface area contributed by atoms with Crippen molar-refractivity contribution in [2.24, 2.45) is 0 Å². The highest BCUT2D eigenvalue weighted by Crippen LogP contribution is 2.22. The zero-order chi connectivity index (χ0) is 9.80. The summed E-state index contributed by atoms with van der Waals surface area (Å²) in [5.74, 6) is 0.990. The van der Waals surface area contributed by atoms with Gasteiger partial charge in [0.2, 0.25) is 0 Å².